The highest BCUT2D eigenvalue weighted by atomic mass is 32.1. The number of nitrogens with zero attached hydrogens (tertiary/aromatic N) is 2. The SMILES string of the molecule is O=C(C=Cc1ccc2ccccc2n1)OCc1csc(-c2ccc(F)cc2)n1. The zero-order valence-corrected chi connectivity index (χ0v) is 15.5. The Kier molecular flexibility index (Phi) is 5.21. The highest BCUT2D eigenvalue weighted by molar-refractivity contribution is 7.13. The van der Waals surface area contributed by atoms with Gasteiger partial charge in [-0.1, -0.05) is 24.3 Å². The molecule has 0 spiro atoms. The Balaban J connectivity index is 1.36. The summed E-state index contributed by atoms with van der Waals surface area (Å²) < 4.78 is 18.2. The third-order valence-electron chi connectivity index (χ3n) is 4.02. The molecule has 0 atom stereocenters. The molecule has 0 aliphatic carbocycles. The first-order chi connectivity index (χ1) is 13.7. The topological polar surface area (TPSA) is 52.1 Å². The van der Waals surface area contributed by atoms with Crippen molar-refractivity contribution in [2.75, 3.05) is 0 Å². The van der Waals surface area contributed by atoms with Crippen molar-refractivity contribution in [3.8, 4) is 10.6 Å². The molecule has 0 radical (unpaired) electrons. The van der Waals surface area contributed by atoms with Gasteiger partial charge in [0.2, 0.25) is 0 Å². The smallest absolute Gasteiger partial charge is 0.331 e. The van der Waals surface area contributed by atoms with Gasteiger partial charge in [-0.15, -0.1) is 11.3 Å². The van der Waals surface area contributed by atoms with Crippen molar-refractivity contribution in [2.45, 2.75) is 6.61 Å². The Hall–Kier alpha value is -3.38. The summed E-state index contributed by atoms with van der Waals surface area (Å²) in [4.78, 5) is 20.9. The number of ether oxygens (including phenoxy) is 1. The summed E-state index contributed by atoms with van der Waals surface area (Å²) in [6, 6.07) is 17.7. The third kappa shape index (κ3) is 4.29. The van der Waals surface area contributed by atoms with Crippen LogP contribution in [0.2, 0.25) is 0 Å². The number of carbonyl (C=O) groups excluding carboxylic acids is 1. The van der Waals surface area contributed by atoms with Crippen LogP contribution in [0.5, 0.6) is 0 Å². The van der Waals surface area contributed by atoms with Crippen LogP contribution in [0.15, 0.2) is 72.1 Å². The van der Waals surface area contributed by atoms with Gasteiger partial charge in [-0.3, -0.25) is 0 Å². The number of thiazole rings is 1. The number of pyridine rings is 1. The molecule has 0 N–H and O–H groups in total. The first-order valence-corrected chi connectivity index (χ1v) is 9.46. The summed E-state index contributed by atoms with van der Waals surface area (Å²) in [6.45, 7) is 0.0754. The molecule has 2 aromatic heterocycles. The largest absolute Gasteiger partial charge is 0.456 e. The van der Waals surface area contributed by atoms with Gasteiger partial charge in [0.05, 0.1) is 16.9 Å². The van der Waals surface area contributed by atoms with Crippen LogP contribution in [0.25, 0.3) is 27.6 Å². The van der Waals surface area contributed by atoms with Gasteiger partial charge in [-0.05, 0) is 42.5 Å². The van der Waals surface area contributed by atoms with Gasteiger partial charge in [0.1, 0.15) is 17.4 Å². The predicted molar refractivity (Wildman–Crippen MR) is 108 cm³/mol. The average Bonchev–Trinajstić information content (AvgIpc) is 3.20. The van der Waals surface area contributed by atoms with E-state index in [1.807, 2.05) is 41.8 Å². The lowest BCUT2D eigenvalue weighted by Crippen LogP contribution is -2.01. The molecule has 138 valence electrons. The second-order valence-corrected chi connectivity index (χ2v) is 6.88. The lowest BCUT2D eigenvalue weighted by molar-refractivity contribution is -0.139. The number of hydrogen-bond donors (Lipinski definition) is 0. The van der Waals surface area contributed by atoms with E-state index in [4.69, 9.17) is 4.74 Å². The predicted octanol–water partition coefficient (Wildman–Crippen LogP) is 5.25. The molecule has 0 aliphatic heterocycles. The lowest BCUT2D eigenvalue weighted by atomic mass is 10.2. The minimum absolute atomic E-state index is 0.0754. The molecule has 0 saturated carbocycles. The van der Waals surface area contributed by atoms with Crippen molar-refractivity contribution in [3.05, 3.63) is 89.3 Å². The van der Waals surface area contributed by atoms with Crippen LogP contribution in [-0.4, -0.2) is 15.9 Å². The van der Waals surface area contributed by atoms with Gasteiger partial charge < -0.3 is 4.74 Å². The fourth-order valence-corrected chi connectivity index (χ4v) is 3.43. The van der Waals surface area contributed by atoms with Gasteiger partial charge in [0.15, 0.2) is 0 Å². The molecular formula is C22H15FN2O2S. The molecule has 2 aromatic carbocycles. The van der Waals surface area contributed by atoms with Gasteiger partial charge in [0, 0.05) is 22.4 Å². The first-order valence-electron chi connectivity index (χ1n) is 8.58. The summed E-state index contributed by atoms with van der Waals surface area (Å²) in [7, 11) is 0. The fraction of sp³-hybridized carbons (Fsp3) is 0.0455. The Morgan fingerprint density at radius 1 is 1.04 bits per heavy atom. The zero-order chi connectivity index (χ0) is 19.3. The second-order valence-electron chi connectivity index (χ2n) is 6.02. The quantitative estimate of drug-likeness (QED) is 0.345. The molecule has 6 heteroatoms. The van der Waals surface area contributed by atoms with Crippen molar-refractivity contribution in [3.63, 3.8) is 0 Å². The van der Waals surface area contributed by atoms with E-state index < -0.39 is 5.97 Å². The molecule has 0 bridgehead atoms. The van der Waals surface area contributed by atoms with Crippen LogP contribution in [-0.2, 0) is 16.1 Å². The molecule has 0 fully saturated rings. The number of para-hydroxylation sites is 1. The van der Waals surface area contributed by atoms with E-state index in [0.717, 1.165) is 21.5 Å². The van der Waals surface area contributed by atoms with Crippen molar-refractivity contribution in [1.29, 1.82) is 0 Å². The average molecular weight is 390 g/mol. The van der Waals surface area contributed by atoms with Gasteiger partial charge in [-0.25, -0.2) is 19.2 Å². The second kappa shape index (κ2) is 8.10. The molecule has 2 heterocycles. The first kappa shape index (κ1) is 18.0. The minimum Gasteiger partial charge on any atom is -0.456 e. The Bertz CT molecular complexity index is 1150. The molecule has 4 rings (SSSR count). The molecule has 28 heavy (non-hydrogen) atoms. The van der Waals surface area contributed by atoms with E-state index in [2.05, 4.69) is 9.97 Å². The number of esters is 1. The van der Waals surface area contributed by atoms with Crippen molar-refractivity contribution in [1.82, 2.24) is 9.97 Å². The van der Waals surface area contributed by atoms with Crippen LogP contribution in [0.4, 0.5) is 4.39 Å². The van der Waals surface area contributed by atoms with Crippen LogP contribution in [0.3, 0.4) is 0 Å². The van der Waals surface area contributed by atoms with E-state index in [1.165, 1.54) is 29.5 Å². The molecular weight excluding hydrogens is 375 g/mol. The van der Waals surface area contributed by atoms with Gasteiger partial charge in [0.25, 0.3) is 0 Å². The van der Waals surface area contributed by atoms with E-state index >= 15 is 0 Å². The Labute approximate surface area is 165 Å². The van der Waals surface area contributed by atoms with Crippen LogP contribution in [0, 0.1) is 5.82 Å². The minimum atomic E-state index is -0.466. The number of hydrogen-bond acceptors (Lipinski definition) is 5. The monoisotopic (exact) mass is 390 g/mol. The summed E-state index contributed by atoms with van der Waals surface area (Å²) in [5, 5.41) is 3.62. The molecule has 4 nitrogen and oxygen atoms in total. The zero-order valence-electron chi connectivity index (χ0n) is 14.7. The van der Waals surface area contributed by atoms with Crippen molar-refractivity contribution >= 4 is 34.3 Å². The molecule has 0 saturated heterocycles. The Morgan fingerprint density at radius 3 is 2.71 bits per heavy atom. The van der Waals surface area contributed by atoms with Crippen molar-refractivity contribution in [2.24, 2.45) is 0 Å². The van der Waals surface area contributed by atoms with Crippen LogP contribution >= 0.6 is 11.3 Å². The molecule has 0 amide bonds. The van der Waals surface area contributed by atoms with E-state index in [1.54, 1.807) is 18.2 Å². The number of halogens is 1. The third-order valence-corrected chi connectivity index (χ3v) is 4.96. The van der Waals surface area contributed by atoms with E-state index in [0.29, 0.717) is 11.4 Å². The molecule has 0 aliphatic rings. The fourth-order valence-electron chi connectivity index (χ4n) is 2.62. The summed E-state index contributed by atoms with van der Waals surface area (Å²) in [5.41, 5.74) is 3.03. The van der Waals surface area contributed by atoms with Gasteiger partial charge in [-0.2, -0.15) is 0 Å². The summed E-state index contributed by atoms with van der Waals surface area (Å²) in [6.07, 6.45) is 2.98. The van der Waals surface area contributed by atoms with Crippen LogP contribution < -0.4 is 0 Å². The molecule has 0 unspecified atom stereocenters. The van der Waals surface area contributed by atoms with Crippen LogP contribution in [0.1, 0.15) is 11.4 Å². The molecule has 4 aromatic rings. The summed E-state index contributed by atoms with van der Waals surface area (Å²) in [5.74, 6) is -0.756. The van der Waals surface area contributed by atoms with Gasteiger partial charge >= 0.3 is 5.97 Å². The highest BCUT2D eigenvalue weighted by Crippen LogP contribution is 2.24. The van der Waals surface area contributed by atoms with E-state index in [-0.39, 0.29) is 12.4 Å². The number of rotatable bonds is 5. The van der Waals surface area contributed by atoms with E-state index in [9.17, 15) is 9.18 Å². The number of benzene rings is 2. The number of aromatic nitrogens is 2. The number of carbonyl (C=O) groups is 1. The highest BCUT2D eigenvalue weighted by Gasteiger charge is 2.07. The Morgan fingerprint density at radius 2 is 1.86 bits per heavy atom. The standard InChI is InChI=1S/C22H15FN2O2S/c23-17-8-5-16(6-9-17)22-25-19(14-28-22)13-27-21(26)12-11-18-10-7-15-3-1-2-4-20(15)24-18/h1-12,14H,13H2. The van der Waals surface area contributed by atoms with Crippen molar-refractivity contribution < 1.29 is 13.9 Å². The summed E-state index contributed by atoms with van der Waals surface area (Å²) >= 11 is 1.42. The lowest BCUT2D eigenvalue weighted by Gasteiger charge is -2.00. The maximum atomic E-state index is 13.0. The number of fused-ring (bicyclic) bond motifs is 1. The maximum Gasteiger partial charge on any atom is 0.331 e. The maximum absolute atomic E-state index is 13.0. The normalized spacial score (nSPS) is 11.2.